The van der Waals surface area contributed by atoms with E-state index in [0.29, 0.717) is 25.2 Å². The lowest BCUT2D eigenvalue weighted by atomic mass is 9.99. The maximum Gasteiger partial charge on any atom is 0.342 e. The Morgan fingerprint density at radius 3 is 2.56 bits per heavy atom. The standard InChI is InChI=1S/C23H29ClN2O6/c1-3-26(4-2)20(29)15-32-25-16-11-9-7-5-6-8-10-12-31-23(30)21-17(13-16)22(24)19(28)14-18(21)27/h6,8-9,11,14,27-28H,3-5,7,10,12-13,15H2,1-2H3/b8-6+,11-9+,25-16+. The van der Waals surface area contributed by atoms with Crippen LogP contribution in [0.5, 0.6) is 11.5 Å². The maximum atomic E-state index is 12.6. The van der Waals surface area contributed by atoms with Gasteiger partial charge in [0.25, 0.3) is 5.91 Å². The highest BCUT2D eigenvalue weighted by Gasteiger charge is 2.24. The van der Waals surface area contributed by atoms with E-state index >= 15 is 0 Å². The molecule has 0 fully saturated rings. The lowest BCUT2D eigenvalue weighted by Crippen LogP contribution is -2.33. The molecule has 1 aromatic rings. The van der Waals surface area contributed by atoms with Crippen molar-refractivity contribution in [3.05, 3.63) is 46.5 Å². The number of cyclic esters (lactones) is 1. The fraction of sp³-hybridized carbons (Fsp3) is 0.435. The number of hydrogen-bond donors (Lipinski definition) is 2. The van der Waals surface area contributed by atoms with Gasteiger partial charge in [0, 0.05) is 25.6 Å². The molecule has 0 unspecified atom stereocenters. The number of benzene rings is 1. The van der Waals surface area contributed by atoms with Gasteiger partial charge in [-0.3, -0.25) is 4.79 Å². The minimum Gasteiger partial charge on any atom is -0.507 e. The summed E-state index contributed by atoms with van der Waals surface area (Å²) in [5, 5.41) is 24.3. The number of hydrogen-bond acceptors (Lipinski definition) is 7. The van der Waals surface area contributed by atoms with Gasteiger partial charge in [-0.2, -0.15) is 0 Å². The second kappa shape index (κ2) is 12.8. The van der Waals surface area contributed by atoms with Gasteiger partial charge in [-0.05, 0) is 44.7 Å². The number of carbonyl (C=O) groups excluding carboxylic acids is 2. The molecular formula is C23H29ClN2O6. The second-order valence-electron chi connectivity index (χ2n) is 7.06. The van der Waals surface area contributed by atoms with Crippen LogP contribution in [0.2, 0.25) is 5.02 Å². The van der Waals surface area contributed by atoms with Gasteiger partial charge in [0.2, 0.25) is 0 Å². The molecule has 1 aromatic carbocycles. The highest BCUT2D eigenvalue weighted by Crippen LogP contribution is 2.37. The molecule has 0 aromatic heterocycles. The van der Waals surface area contributed by atoms with Crippen LogP contribution in [0.3, 0.4) is 0 Å². The summed E-state index contributed by atoms with van der Waals surface area (Å²) in [6.45, 7) is 4.77. The van der Waals surface area contributed by atoms with Crippen molar-refractivity contribution < 1.29 is 29.4 Å². The number of likely N-dealkylation sites (N-methyl/N-ethyl adjacent to an activating group) is 1. The number of aromatic hydroxyl groups is 2. The fourth-order valence-electron chi connectivity index (χ4n) is 3.16. The fourth-order valence-corrected chi connectivity index (χ4v) is 3.37. The minimum absolute atomic E-state index is 0.0307. The van der Waals surface area contributed by atoms with Crippen LogP contribution >= 0.6 is 11.6 Å². The van der Waals surface area contributed by atoms with Crippen LogP contribution in [-0.4, -0.2) is 59.0 Å². The number of ether oxygens (including phenoxy) is 1. The summed E-state index contributed by atoms with van der Waals surface area (Å²) >= 11 is 6.27. The SMILES string of the molecule is CCN(CC)C(=O)CO/N=C1\C=C\CC/C=C/CCOC(=O)c2c(O)cc(O)c(Cl)c2C1. The largest absolute Gasteiger partial charge is 0.507 e. The molecule has 0 atom stereocenters. The summed E-state index contributed by atoms with van der Waals surface area (Å²) in [7, 11) is 0. The Balaban J connectivity index is 2.39. The van der Waals surface area contributed by atoms with Gasteiger partial charge < -0.3 is 24.7 Å². The van der Waals surface area contributed by atoms with Crippen molar-refractivity contribution in [1.82, 2.24) is 4.90 Å². The summed E-state index contributed by atoms with van der Waals surface area (Å²) in [6, 6.07) is 0.997. The molecule has 0 spiro atoms. The quantitative estimate of drug-likeness (QED) is 0.387. The molecule has 2 rings (SSSR count). The zero-order valence-electron chi connectivity index (χ0n) is 18.3. The van der Waals surface area contributed by atoms with E-state index in [4.69, 9.17) is 21.2 Å². The summed E-state index contributed by atoms with van der Waals surface area (Å²) in [6.07, 6.45) is 9.52. The second-order valence-corrected chi connectivity index (χ2v) is 7.43. The van der Waals surface area contributed by atoms with Crippen LogP contribution in [-0.2, 0) is 20.8 Å². The molecule has 1 amide bonds. The zero-order valence-corrected chi connectivity index (χ0v) is 19.1. The molecule has 0 radical (unpaired) electrons. The molecule has 1 aliphatic heterocycles. The minimum atomic E-state index is -0.759. The number of carbonyl (C=O) groups is 2. The van der Waals surface area contributed by atoms with Gasteiger partial charge in [-0.1, -0.05) is 35.0 Å². The number of amides is 1. The van der Waals surface area contributed by atoms with Crippen molar-refractivity contribution in [2.45, 2.75) is 39.5 Å². The number of nitrogens with zero attached hydrogens (tertiary/aromatic N) is 2. The van der Waals surface area contributed by atoms with Crippen molar-refractivity contribution in [2.75, 3.05) is 26.3 Å². The van der Waals surface area contributed by atoms with Crippen LogP contribution in [0.25, 0.3) is 0 Å². The van der Waals surface area contributed by atoms with E-state index in [-0.39, 0.29) is 47.4 Å². The number of halogens is 1. The first-order valence-electron chi connectivity index (χ1n) is 10.6. The molecule has 0 saturated carbocycles. The van der Waals surface area contributed by atoms with Gasteiger partial charge in [0.1, 0.15) is 17.1 Å². The molecule has 174 valence electrons. The van der Waals surface area contributed by atoms with Crippen molar-refractivity contribution in [3.63, 3.8) is 0 Å². The number of allylic oxidation sites excluding steroid dienone is 3. The Morgan fingerprint density at radius 1 is 1.16 bits per heavy atom. The summed E-state index contributed by atoms with van der Waals surface area (Å²) in [4.78, 5) is 31.7. The predicted octanol–water partition coefficient (Wildman–Crippen LogP) is 3.99. The summed E-state index contributed by atoms with van der Waals surface area (Å²) in [5.74, 6) is -1.78. The molecule has 8 nitrogen and oxygen atoms in total. The highest BCUT2D eigenvalue weighted by molar-refractivity contribution is 6.33. The van der Waals surface area contributed by atoms with E-state index < -0.39 is 11.7 Å². The third kappa shape index (κ3) is 7.02. The number of esters is 1. The molecule has 2 N–H and O–H groups in total. The Morgan fingerprint density at radius 2 is 1.84 bits per heavy atom. The molecular weight excluding hydrogens is 436 g/mol. The normalized spacial score (nSPS) is 18.2. The summed E-state index contributed by atoms with van der Waals surface area (Å²) in [5.41, 5.74) is 0.373. The van der Waals surface area contributed by atoms with E-state index in [0.717, 1.165) is 18.9 Å². The Hall–Kier alpha value is -3.00. The van der Waals surface area contributed by atoms with Crippen LogP contribution in [0, 0.1) is 0 Å². The molecule has 1 heterocycles. The third-order valence-corrected chi connectivity index (χ3v) is 5.29. The zero-order chi connectivity index (χ0) is 23.5. The maximum absolute atomic E-state index is 12.6. The van der Waals surface area contributed by atoms with E-state index in [1.54, 1.807) is 11.0 Å². The van der Waals surface area contributed by atoms with Gasteiger partial charge in [-0.15, -0.1) is 0 Å². The van der Waals surface area contributed by atoms with E-state index in [9.17, 15) is 19.8 Å². The molecule has 0 saturated heterocycles. The molecule has 0 aliphatic carbocycles. The average molecular weight is 465 g/mol. The average Bonchev–Trinajstić information content (AvgIpc) is 2.76. The number of phenolic OH excluding ortho intramolecular Hbond substituents is 2. The summed E-state index contributed by atoms with van der Waals surface area (Å²) < 4.78 is 5.26. The number of oxime groups is 1. The highest BCUT2D eigenvalue weighted by atomic mass is 35.5. The smallest absolute Gasteiger partial charge is 0.342 e. The van der Waals surface area contributed by atoms with Crippen LogP contribution in [0.4, 0.5) is 0 Å². The van der Waals surface area contributed by atoms with E-state index in [1.165, 1.54) is 0 Å². The van der Waals surface area contributed by atoms with E-state index in [1.807, 2.05) is 32.1 Å². The lowest BCUT2D eigenvalue weighted by molar-refractivity contribution is -0.135. The molecule has 1 aliphatic rings. The lowest BCUT2D eigenvalue weighted by Gasteiger charge is -2.17. The van der Waals surface area contributed by atoms with Crippen molar-refractivity contribution in [3.8, 4) is 11.5 Å². The first kappa shape index (κ1) is 25.3. The van der Waals surface area contributed by atoms with Crippen LogP contribution in [0.15, 0.2) is 35.5 Å². The Kier molecular flexibility index (Phi) is 10.1. The number of fused-ring (bicyclic) bond motifs is 1. The van der Waals surface area contributed by atoms with Crippen molar-refractivity contribution in [2.24, 2.45) is 5.16 Å². The Labute approximate surface area is 192 Å². The Bertz CT molecular complexity index is 906. The molecule has 0 bridgehead atoms. The molecule has 9 heteroatoms. The number of phenols is 2. The van der Waals surface area contributed by atoms with Gasteiger partial charge in [-0.25, -0.2) is 4.79 Å². The van der Waals surface area contributed by atoms with Crippen LogP contribution < -0.4 is 0 Å². The monoisotopic (exact) mass is 464 g/mol. The van der Waals surface area contributed by atoms with Crippen LogP contribution in [0.1, 0.15) is 49.0 Å². The van der Waals surface area contributed by atoms with E-state index in [2.05, 4.69) is 5.16 Å². The third-order valence-electron chi connectivity index (χ3n) is 4.86. The first-order chi connectivity index (χ1) is 15.4. The topological polar surface area (TPSA) is 109 Å². The first-order valence-corrected chi connectivity index (χ1v) is 10.9. The van der Waals surface area contributed by atoms with Gasteiger partial charge in [0.15, 0.2) is 6.61 Å². The van der Waals surface area contributed by atoms with Crippen molar-refractivity contribution in [1.29, 1.82) is 0 Å². The molecule has 32 heavy (non-hydrogen) atoms. The van der Waals surface area contributed by atoms with Crippen molar-refractivity contribution >= 4 is 29.2 Å². The predicted molar refractivity (Wildman–Crippen MR) is 122 cm³/mol. The van der Waals surface area contributed by atoms with Gasteiger partial charge in [0.05, 0.1) is 17.3 Å². The number of rotatable bonds is 5. The van der Waals surface area contributed by atoms with Gasteiger partial charge >= 0.3 is 5.97 Å².